The van der Waals surface area contributed by atoms with E-state index >= 15 is 0 Å². The highest BCUT2D eigenvalue weighted by Crippen LogP contribution is 2.43. The fourth-order valence-electron chi connectivity index (χ4n) is 10.6. The Morgan fingerprint density at radius 1 is 0.323 bits per heavy atom. The summed E-state index contributed by atoms with van der Waals surface area (Å²) in [5.74, 6) is -0.820. The third-order valence-corrected chi connectivity index (χ3v) is 17.2. The molecule has 0 radical (unpaired) electrons. The molecule has 0 saturated carbocycles. The lowest BCUT2D eigenvalue weighted by molar-refractivity contribution is -0.161. The van der Waals surface area contributed by atoms with Gasteiger partial charge in [0, 0.05) is 19.4 Å². The monoisotopic (exact) mass is 1310 g/mol. The predicted molar refractivity (Wildman–Crippen MR) is 404 cm³/mol. The maximum atomic E-state index is 12.8. The van der Waals surface area contributed by atoms with Gasteiger partial charge in [0.1, 0.15) is 6.61 Å². The number of ether oxygens (including phenoxy) is 2. The minimum atomic E-state index is -4.40. The topological polar surface area (TPSA) is 134 Å². The number of carbonyl (C=O) groups excluding carboxylic acids is 2. The van der Waals surface area contributed by atoms with Gasteiger partial charge in [0.2, 0.25) is 0 Å². The second-order valence-corrected chi connectivity index (χ2v) is 26.6. The zero-order valence-corrected chi connectivity index (χ0v) is 60.8. The van der Waals surface area contributed by atoms with E-state index in [-0.39, 0.29) is 38.6 Å². The van der Waals surface area contributed by atoms with E-state index < -0.39 is 26.5 Å². The van der Waals surface area contributed by atoms with Crippen molar-refractivity contribution < 1.29 is 37.6 Å². The number of unbranched alkanes of at least 4 members (excludes halogenated alkanes) is 34. The molecule has 532 valence electrons. The van der Waals surface area contributed by atoms with Crippen molar-refractivity contribution in [2.45, 2.75) is 341 Å². The first-order chi connectivity index (χ1) is 45.8. The number of hydrogen-bond donors (Lipinski definition) is 2. The van der Waals surface area contributed by atoms with E-state index in [9.17, 15) is 19.0 Å². The van der Waals surface area contributed by atoms with Crippen LogP contribution in [0.15, 0.2) is 146 Å². The van der Waals surface area contributed by atoms with E-state index in [2.05, 4.69) is 160 Å². The fraction of sp³-hybridized carbons (Fsp3) is 0.687. The molecule has 0 rings (SSSR count). The van der Waals surface area contributed by atoms with Crippen LogP contribution in [0.25, 0.3) is 0 Å². The SMILES string of the molecule is CC/C=C\C/C=C\C/C=C\C/C=C\C/C=C\C/C=C\C/C=C\C/C=C\CCCCCCCCCCCCCCCCCCC(=O)OC(COC(=O)CCCCCCCCCCCCCCCCCCCC/C=C\C/C=C\C/C=C\C/C=C\CC)COP(=O)(O)OCCN. The molecule has 2 atom stereocenters. The molecule has 0 fully saturated rings. The van der Waals surface area contributed by atoms with Crippen molar-refractivity contribution in [1.82, 2.24) is 0 Å². The molecule has 0 saturated heterocycles. The number of nitrogens with two attached hydrogens (primary N) is 1. The number of hydrogen-bond acceptors (Lipinski definition) is 8. The van der Waals surface area contributed by atoms with E-state index in [0.717, 1.165) is 116 Å². The number of phosphoric ester groups is 1. The third kappa shape index (κ3) is 76.8. The Kier molecular flexibility index (Phi) is 73.5. The summed E-state index contributed by atoms with van der Waals surface area (Å²) in [5.41, 5.74) is 5.41. The van der Waals surface area contributed by atoms with Gasteiger partial charge in [-0.2, -0.15) is 0 Å². The van der Waals surface area contributed by atoms with Crippen molar-refractivity contribution in [2.24, 2.45) is 5.73 Å². The summed E-state index contributed by atoms with van der Waals surface area (Å²) >= 11 is 0. The Bertz CT molecular complexity index is 2040. The number of rotatable bonds is 71. The molecule has 10 heteroatoms. The maximum absolute atomic E-state index is 12.8. The van der Waals surface area contributed by atoms with E-state index in [4.69, 9.17) is 24.3 Å². The van der Waals surface area contributed by atoms with Crippen molar-refractivity contribution in [3.8, 4) is 0 Å². The number of phosphoric acid groups is 1. The Balaban J connectivity index is 3.84. The number of carbonyl (C=O) groups is 2. The number of allylic oxidation sites excluding steroid dienone is 24. The van der Waals surface area contributed by atoms with Gasteiger partial charge in [0.05, 0.1) is 13.2 Å². The summed E-state index contributed by atoms with van der Waals surface area (Å²) in [6.07, 6.45) is 111. The smallest absolute Gasteiger partial charge is 0.462 e. The summed E-state index contributed by atoms with van der Waals surface area (Å²) in [4.78, 5) is 35.4. The summed E-state index contributed by atoms with van der Waals surface area (Å²) in [7, 11) is -4.40. The first-order valence-electron chi connectivity index (χ1n) is 38.3. The van der Waals surface area contributed by atoms with Crippen molar-refractivity contribution in [3.63, 3.8) is 0 Å². The fourth-order valence-corrected chi connectivity index (χ4v) is 11.4. The summed E-state index contributed by atoms with van der Waals surface area (Å²) < 4.78 is 33.3. The largest absolute Gasteiger partial charge is 0.472 e. The van der Waals surface area contributed by atoms with Crippen LogP contribution in [0.2, 0.25) is 0 Å². The summed E-state index contributed by atoms with van der Waals surface area (Å²) in [6.45, 7) is 3.55. The van der Waals surface area contributed by atoms with Gasteiger partial charge in [0.15, 0.2) is 6.10 Å². The molecule has 2 unspecified atom stereocenters. The third-order valence-electron chi connectivity index (χ3n) is 16.2. The Morgan fingerprint density at radius 2 is 0.559 bits per heavy atom. The van der Waals surface area contributed by atoms with Crippen LogP contribution in [-0.4, -0.2) is 49.3 Å². The van der Waals surface area contributed by atoms with Crippen LogP contribution in [0.3, 0.4) is 0 Å². The first kappa shape index (κ1) is 88.9. The van der Waals surface area contributed by atoms with Crippen molar-refractivity contribution in [3.05, 3.63) is 146 Å². The average Bonchev–Trinajstić information content (AvgIpc) is 3.49. The zero-order chi connectivity index (χ0) is 67.2. The highest BCUT2D eigenvalue weighted by Gasteiger charge is 2.26. The Hall–Kier alpha value is -4.11. The van der Waals surface area contributed by atoms with Gasteiger partial charge >= 0.3 is 19.8 Å². The lowest BCUT2D eigenvalue weighted by Gasteiger charge is -2.19. The molecule has 0 bridgehead atoms. The van der Waals surface area contributed by atoms with Gasteiger partial charge in [-0.25, -0.2) is 4.57 Å². The van der Waals surface area contributed by atoms with Gasteiger partial charge in [-0.05, 0) is 116 Å². The summed E-state index contributed by atoms with van der Waals surface area (Å²) in [5, 5.41) is 0. The Labute approximate surface area is 573 Å². The van der Waals surface area contributed by atoms with Crippen LogP contribution >= 0.6 is 7.82 Å². The lowest BCUT2D eigenvalue weighted by Crippen LogP contribution is -2.29. The molecule has 3 N–H and O–H groups in total. The van der Waals surface area contributed by atoms with E-state index in [1.165, 1.54) is 186 Å². The minimum Gasteiger partial charge on any atom is -0.462 e. The molecule has 93 heavy (non-hydrogen) atoms. The molecule has 0 amide bonds. The lowest BCUT2D eigenvalue weighted by atomic mass is 10.0. The molecule has 0 aromatic heterocycles. The zero-order valence-electron chi connectivity index (χ0n) is 59.9. The molecule has 0 aromatic rings. The second-order valence-electron chi connectivity index (χ2n) is 25.1. The van der Waals surface area contributed by atoms with Crippen molar-refractivity contribution >= 4 is 19.8 Å². The van der Waals surface area contributed by atoms with E-state index in [0.29, 0.717) is 6.42 Å². The summed E-state index contributed by atoms with van der Waals surface area (Å²) in [6, 6.07) is 0. The average molecular weight is 1310 g/mol. The van der Waals surface area contributed by atoms with Gasteiger partial charge in [-0.15, -0.1) is 0 Å². The van der Waals surface area contributed by atoms with Crippen LogP contribution in [0.4, 0.5) is 0 Å². The highest BCUT2D eigenvalue weighted by atomic mass is 31.2. The molecule has 0 heterocycles. The van der Waals surface area contributed by atoms with Gasteiger partial charge in [0.25, 0.3) is 0 Å². The van der Waals surface area contributed by atoms with Crippen LogP contribution in [-0.2, 0) is 32.7 Å². The maximum Gasteiger partial charge on any atom is 0.472 e. The quantitative estimate of drug-likeness (QED) is 0.0264. The van der Waals surface area contributed by atoms with Gasteiger partial charge < -0.3 is 20.1 Å². The molecular formula is C83H142NO8P. The second kappa shape index (κ2) is 76.9. The van der Waals surface area contributed by atoms with E-state index in [1.54, 1.807) is 0 Å². The number of esters is 2. The molecule has 0 aliphatic heterocycles. The Morgan fingerprint density at radius 3 is 0.828 bits per heavy atom. The van der Waals surface area contributed by atoms with Crippen LogP contribution in [0.1, 0.15) is 335 Å². The minimum absolute atomic E-state index is 0.0500. The van der Waals surface area contributed by atoms with Gasteiger partial charge in [-0.1, -0.05) is 352 Å². The standard InChI is InChI=1S/C83H142NO8P/c1-3-5-7-9-11-13-15-17-19-21-23-25-27-29-31-33-35-36-37-38-39-40-41-42-43-44-46-48-50-52-54-56-58-60-62-64-66-68-70-72-74-76-83(86)92-81(80-91-93(87,88)90-78-77-84)79-89-82(85)75-73-71-69-67-65-63-61-59-57-55-53-51-49-47-45-34-32-30-28-26-24-22-20-18-16-14-12-10-8-6-4-2/h5-8,11-14,17-20,23-26,29,31,35-36,38-39,41-42,81H,3-4,9-10,15-16,21-22,27-28,30,32-34,37,40,43-80,84H2,1-2H3,(H,87,88)/b7-5-,8-6-,13-11-,14-12-,19-17-,20-18-,25-23-,26-24-,31-29-,36-35-,39-38-,42-41-. The molecule has 0 spiro atoms. The molecule has 9 nitrogen and oxygen atoms in total. The van der Waals surface area contributed by atoms with Crippen LogP contribution in [0.5, 0.6) is 0 Å². The van der Waals surface area contributed by atoms with Crippen LogP contribution in [0, 0.1) is 0 Å². The highest BCUT2D eigenvalue weighted by molar-refractivity contribution is 7.47. The first-order valence-corrected chi connectivity index (χ1v) is 39.8. The molecular weight excluding hydrogens is 1170 g/mol. The van der Waals surface area contributed by atoms with E-state index in [1.807, 2.05) is 0 Å². The van der Waals surface area contributed by atoms with Gasteiger partial charge in [-0.3, -0.25) is 18.6 Å². The predicted octanol–water partition coefficient (Wildman–Crippen LogP) is 25.8. The molecule has 0 aliphatic carbocycles. The molecule has 0 aliphatic rings. The molecule has 0 aromatic carbocycles. The van der Waals surface area contributed by atoms with Crippen molar-refractivity contribution in [2.75, 3.05) is 26.4 Å². The normalized spacial score (nSPS) is 13.7. The van der Waals surface area contributed by atoms with Crippen molar-refractivity contribution in [1.29, 1.82) is 0 Å². The van der Waals surface area contributed by atoms with Crippen LogP contribution < -0.4 is 5.73 Å².